The van der Waals surface area contributed by atoms with Crippen molar-refractivity contribution in [2.24, 2.45) is 5.92 Å². The van der Waals surface area contributed by atoms with Gasteiger partial charge in [-0.15, -0.1) is 0 Å². The first-order valence-electron chi connectivity index (χ1n) is 4.58. The molecule has 4 nitrogen and oxygen atoms in total. The molecule has 0 aromatic heterocycles. The van der Waals surface area contributed by atoms with Gasteiger partial charge in [0.25, 0.3) is 0 Å². The lowest BCUT2D eigenvalue weighted by Gasteiger charge is -2.35. The summed E-state index contributed by atoms with van der Waals surface area (Å²) in [6.07, 6.45) is 0.326. The molecule has 2 unspecified atom stereocenters. The monoisotopic (exact) mass is 188 g/mol. The summed E-state index contributed by atoms with van der Waals surface area (Å²) in [5.41, 5.74) is -1.34. The number of ether oxygens (including phenoxy) is 2. The highest BCUT2D eigenvalue weighted by Crippen LogP contribution is 2.27. The van der Waals surface area contributed by atoms with Crippen LogP contribution in [0, 0.1) is 5.92 Å². The molecular formula is C9H16O4. The fraction of sp³-hybridized carbons (Fsp3) is 0.889. The molecule has 1 fully saturated rings. The number of carbonyl (C=O) groups excluding carboxylic acids is 1. The molecule has 0 spiro atoms. The average molecular weight is 188 g/mol. The van der Waals surface area contributed by atoms with Crippen molar-refractivity contribution in [1.82, 2.24) is 0 Å². The Labute approximate surface area is 77.8 Å². The van der Waals surface area contributed by atoms with Gasteiger partial charge in [-0.3, -0.25) is 0 Å². The van der Waals surface area contributed by atoms with Gasteiger partial charge < -0.3 is 14.6 Å². The van der Waals surface area contributed by atoms with E-state index in [2.05, 4.69) is 0 Å². The molecule has 0 amide bonds. The van der Waals surface area contributed by atoms with Crippen molar-refractivity contribution in [3.05, 3.63) is 0 Å². The Kier molecular flexibility index (Phi) is 3.27. The summed E-state index contributed by atoms with van der Waals surface area (Å²) in [5.74, 6) is -0.717. The second-order valence-corrected chi connectivity index (χ2v) is 3.37. The normalized spacial score (nSPS) is 34.2. The fourth-order valence-corrected chi connectivity index (χ4v) is 1.43. The van der Waals surface area contributed by atoms with Gasteiger partial charge in [0.2, 0.25) is 0 Å². The van der Waals surface area contributed by atoms with E-state index in [4.69, 9.17) is 9.47 Å². The van der Waals surface area contributed by atoms with Crippen LogP contribution in [0.4, 0.5) is 0 Å². The van der Waals surface area contributed by atoms with E-state index in [0.29, 0.717) is 26.2 Å². The van der Waals surface area contributed by atoms with Crippen LogP contribution in [0.25, 0.3) is 0 Å². The molecule has 0 bridgehead atoms. The largest absolute Gasteiger partial charge is 0.464 e. The number of rotatable bonds is 2. The minimum atomic E-state index is -1.34. The Hall–Kier alpha value is -0.610. The summed E-state index contributed by atoms with van der Waals surface area (Å²) in [5, 5.41) is 9.98. The molecule has 2 atom stereocenters. The first-order valence-corrected chi connectivity index (χ1v) is 4.58. The molecule has 0 aromatic carbocycles. The van der Waals surface area contributed by atoms with Crippen LogP contribution in [0.15, 0.2) is 0 Å². The van der Waals surface area contributed by atoms with Crippen LogP contribution in [0.3, 0.4) is 0 Å². The zero-order valence-corrected chi connectivity index (χ0v) is 8.08. The SMILES string of the molecule is CCOC(=O)C1(O)CCOCC1C. The Morgan fingerprint density at radius 2 is 2.46 bits per heavy atom. The van der Waals surface area contributed by atoms with Crippen molar-refractivity contribution in [2.45, 2.75) is 25.9 Å². The Bertz CT molecular complexity index is 192. The number of esters is 1. The standard InChI is InChI=1S/C9H16O4/c1-3-13-8(10)9(11)4-5-12-6-7(9)2/h7,11H,3-6H2,1-2H3. The van der Waals surface area contributed by atoms with Crippen molar-refractivity contribution in [2.75, 3.05) is 19.8 Å². The molecule has 1 aliphatic rings. The maximum absolute atomic E-state index is 11.4. The highest BCUT2D eigenvalue weighted by molar-refractivity contribution is 5.79. The van der Waals surface area contributed by atoms with Gasteiger partial charge >= 0.3 is 5.97 Å². The molecule has 1 rings (SSSR count). The topological polar surface area (TPSA) is 55.8 Å². The number of carbonyl (C=O) groups is 1. The molecular weight excluding hydrogens is 172 g/mol. The van der Waals surface area contributed by atoms with Gasteiger partial charge in [0.15, 0.2) is 5.60 Å². The molecule has 76 valence electrons. The third-order valence-corrected chi connectivity index (χ3v) is 2.44. The molecule has 1 aliphatic heterocycles. The van der Waals surface area contributed by atoms with E-state index >= 15 is 0 Å². The fourth-order valence-electron chi connectivity index (χ4n) is 1.43. The number of hydrogen-bond acceptors (Lipinski definition) is 4. The molecule has 1 N–H and O–H groups in total. The van der Waals surface area contributed by atoms with E-state index in [1.54, 1.807) is 13.8 Å². The maximum Gasteiger partial charge on any atom is 0.338 e. The Morgan fingerprint density at radius 1 is 1.77 bits per heavy atom. The van der Waals surface area contributed by atoms with Gasteiger partial charge in [-0.1, -0.05) is 6.92 Å². The van der Waals surface area contributed by atoms with Crippen molar-refractivity contribution in [3.8, 4) is 0 Å². The molecule has 1 saturated heterocycles. The molecule has 4 heteroatoms. The third-order valence-electron chi connectivity index (χ3n) is 2.44. The number of hydrogen-bond donors (Lipinski definition) is 1. The molecule has 0 aliphatic carbocycles. The van der Waals surface area contributed by atoms with Crippen LogP contribution < -0.4 is 0 Å². The predicted molar refractivity (Wildman–Crippen MR) is 46.2 cm³/mol. The summed E-state index contributed by atoms with van der Waals surface area (Å²) >= 11 is 0. The molecule has 1 heterocycles. The predicted octanol–water partition coefficient (Wildman–Crippen LogP) is 0.337. The smallest absolute Gasteiger partial charge is 0.338 e. The van der Waals surface area contributed by atoms with E-state index in [-0.39, 0.29) is 5.92 Å². The lowest BCUT2D eigenvalue weighted by atomic mass is 9.85. The summed E-state index contributed by atoms with van der Waals surface area (Å²) in [7, 11) is 0. The molecule has 0 radical (unpaired) electrons. The molecule has 0 aromatic rings. The van der Waals surface area contributed by atoms with Crippen LogP contribution >= 0.6 is 0 Å². The van der Waals surface area contributed by atoms with Crippen molar-refractivity contribution in [1.29, 1.82) is 0 Å². The van der Waals surface area contributed by atoms with Crippen molar-refractivity contribution >= 4 is 5.97 Å². The summed E-state index contributed by atoms with van der Waals surface area (Å²) in [6.45, 7) is 4.64. The molecule has 0 saturated carbocycles. The minimum absolute atomic E-state index is 0.194. The Morgan fingerprint density at radius 3 is 3.00 bits per heavy atom. The zero-order chi connectivity index (χ0) is 9.90. The van der Waals surface area contributed by atoms with Crippen LogP contribution in [0.5, 0.6) is 0 Å². The van der Waals surface area contributed by atoms with Crippen LogP contribution in [0.1, 0.15) is 20.3 Å². The third kappa shape index (κ3) is 2.00. The quantitative estimate of drug-likeness (QED) is 0.635. The summed E-state index contributed by atoms with van der Waals surface area (Å²) < 4.78 is 9.95. The second-order valence-electron chi connectivity index (χ2n) is 3.37. The number of aliphatic hydroxyl groups is 1. The van der Waals surface area contributed by atoms with Gasteiger partial charge in [-0.2, -0.15) is 0 Å². The van der Waals surface area contributed by atoms with Gasteiger partial charge in [0, 0.05) is 18.9 Å². The van der Waals surface area contributed by atoms with Crippen molar-refractivity contribution < 1.29 is 19.4 Å². The second kappa shape index (κ2) is 4.07. The zero-order valence-electron chi connectivity index (χ0n) is 8.08. The average Bonchev–Trinajstić information content (AvgIpc) is 2.11. The molecule has 13 heavy (non-hydrogen) atoms. The van der Waals surface area contributed by atoms with Crippen LogP contribution in [0.2, 0.25) is 0 Å². The van der Waals surface area contributed by atoms with E-state index in [1.165, 1.54) is 0 Å². The van der Waals surface area contributed by atoms with Crippen molar-refractivity contribution in [3.63, 3.8) is 0 Å². The van der Waals surface area contributed by atoms with Crippen LogP contribution in [-0.2, 0) is 14.3 Å². The highest BCUT2D eigenvalue weighted by Gasteiger charge is 2.44. The van der Waals surface area contributed by atoms with Gasteiger partial charge in [0.05, 0.1) is 13.2 Å². The van der Waals surface area contributed by atoms with E-state index < -0.39 is 11.6 Å². The van der Waals surface area contributed by atoms with E-state index in [9.17, 15) is 9.90 Å². The van der Waals surface area contributed by atoms with Gasteiger partial charge in [-0.05, 0) is 6.92 Å². The van der Waals surface area contributed by atoms with Gasteiger partial charge in [0.1, 0.15) is 0 Å². The lowest BCUT2D eigenvalue weighted by molar-refractivity contribution is -0.183. The summed E-state index contributed by atoms with van der Waals surface area (Å²) in [6, 6.07) is 0. The van der Waals surface area contributed by atoms with Gasteiger partial charge in [-0.25, -0.2) is 4.79 Å². The van der Waals surface area contributed by atoms with Crippen LogP contribution in [-0.4, -0.2) is 36.5 Å². The highest BCUT2D eigenvalue weighted by atomic mass is 16.6. The first-order chi connectivity index (χ1) is 6.11. The minimum Gasteiger partial charge on any atom is -0.464 e. The Balaban J connectivity index is 2.65. The maximum atomic E-state index is 11.4. The van der Waals surface area contributed by atoms with E-state index in [0.717, 1.165) is 0 Å². The first kappa shape index (κ1) is 10.5. The lowest BCUT2D eigenvalue weighted by Crippen LogP contribution is -2.51. The summed E-state index contributed by atoms with van der Waals surface area (Å²) in [4.78, 5) is 11.4. The van der Waals surface area contributed by atoms with E-state index in [1.807, 2.05) is 0 Å².